The summed E-state index contributed by atoms with van der Waals surface area (Å²) in [5.74, 6) is 0.293. The molecule has 2 aromatic carbocycles. The van der Waals surface area contributed by atoms with E-state index >= 15 is 0 Å². The Kier molecular flexibility index (Phi) is 6.68. The Bertz CT molecular complexity index is 1880. The van der Waals surface area contributed by atoms with Crippen LogP contribution in [0.4, 0.5) is 26.3 Å². The van der Waals surface area contributed by atoms with Crippen molar-refractivity contribution in [3.05, 3.63) is 101 Å². The fraction of sp³-hybridized carbons (Fsp3) is 0.107. The topological polar surface area (TPSA) is 82.5 Å². The monoisotopic (exact) mass is 600 g/mol. The number of rotatable bonds is 5. The molecule has 0 atom stereocenters. The molecule has 212 valence electrons. The SMILES string of the molecule is FC(F)(F)c1cc(Cn2nnc(-c3nccc4noc(-c5ccccc5Cl)c34)c2-c2ccncc2)cc(C(F)(F)F)c1. The first-order chi connectivity index (χ1) is 20.0. The number of halogens is 7. The molecule has 0 unspecified atom stereocenters. The minimum atomic E-state index is -5.00. The molecule has 0 bridgehead atoms. The van der Waals surface area contributed by atoms with Gasteiger partial charge in [-0.25, -0.2) is 4.68 Å². The summed E-state index contributed by atoms with van der Waals surface area (Å²) < 4.78 is 88.0. The first-order valence-corrected chi connectivity index (χ1v) is 12.5. The normalized spacial score (nSPS) is 12.3. The van der Waals surface area contributed by atoms with Gasteiger partial charge in [0, 0.05) is 29.7 Å². The average Bonchev–Trinajstić information content (AvgIpc) is 3.57. The van der Waals surface area contributed by atoms with Crippen molar-refractivity contribution >= 4 is 22.5 Å². The van der Waals surface area contributed by atoms with Crippen molar-refractivity contribution in [2.45, 2.75) is 18.9 Å². The van der Waals surface area contributed by atoms with Gasteiger partial charge in [0.2, 0.25) is 0 Å². The molecule has 0 aliphatic carbocycles. The first kappa shape index (κ1) is 27.4. The molecular weight excluding hydrogens is 586 g/mol. The summed E-state index contributed by atoms with van der Waals surface area (Å²) >= 11 is 6.42. The second-order valence-electron chi connectivity index (χ2n) is 9.14. The third-order valence-electron chi connectivity index (χ3n) is 6.40. The first-order valence-electron chi connectivity index (χ1n) is 12.1. The highest BCUT2D eigenvalue weighted by Crippen LogP contribution is 2.41. The van der Waals surface area contributed by atoms with Gasteiger partial charge in [-0.05, 0) is 54.1 Å². The second kappa shape index (κ2) is 10.2. The van der Waals surface area contributed by atoms with Gasteiger partial charge in [-0.2, -0.15) is 26.3 Å². The number of hydrogen-bond donors (Lipinski definition) is 0. The fourth-order valence-corrected chi connectivity index (χ4v) is 4.78. The lowest BCUT2D eigenvalue weighted by molar-refractivity contribution is -0.143. The number of benzene rings is 2. The summed E-state index contributed by atoms with van der Waals surface area (Å²) in [5.41, 5.74) is -0.991. The third-order valence-corrected chi connectivity index (χ3v) is 6.73. The summed E-state index contributed by atoms with van der Waals surface area (Å²) in [6.45, 7) is -0.464. The maximum absolute atomic E-state index is 13.5. The minimum Gasteiger partial charge on any atom is -0.355 e. The molecule has 0 aliphatic rings. The quantitative estimate of drug-likeness (QED) is 0.187. The van der Waals surface area contributed by atoms with E-state index in [0.717, 1.165) is 0 Å². The van der Waals surface area contributed by atoms with Crippen molar-refractivity contribution in [1.29, 1.82) is 0 Å². The molecule has 0 fully saturated rings. The Labute approximate surface area is 237 Å². The Hall–Kier alpha value is -4.78. The van der Waals surface area contributed by atoms with Gasteiger partial charge in [-0.3, -0.25) is 9.97 Å². The van der Waals surface area contributed by atoms with Crippen molar-refractivity contribution in [3.63, 3.8) is 0 Å². The summed E-state index contributed by atoms with van der Waals surface area (Å²) in [6.07, 6.45) is -5.58. The van der Waals surface area contributed by atoms with Crippen LogP contribution in [0.2, 0.25) is 5.02 Å². The number of alkyl halides is 6. The van der Waals surface area contributed by atoms with Gasteiger partial charge < -0.3 is 4.52 Å². The standard InChI is InChI=1S/C28H15ClF6N6O/c29-20-4-2-1-3-19(20)26-22-21(39-42-26)7-10-37-23(22)24-25(16-5-8-36-9-6-16)41(40-38-24)14-15-11-17(27(30,31)32)13-18(12-15)28(33,34)35/h1-13H,14H2. The number of fused-ring (bicyclic) bond motifs is 1. The molecule has 4 heterocycles. The Morgan fingerprint density at radius 2 is 1.50 bits per heavy atom. The minimum absolute atomic E-state index is 0.0762. The maximum Gasteiger partial charge on any atom is 0.416 e. The lowest BCUT2D eigenvalue weighted by Gasteiger charge is -2.15. The van der Waals surface area contributed by atoms with Crippen LogP contribution in [0.1, 0.15) is 16.7 Å². The van der Waals surface area contributed by atoms with Crippen LogP contribution in [0.15, 0.2) is 83.8 Å². The molecule has 0 radical (unpaired) electrons. The molecular formula is C28H15ClF6N6O. The molecule has 6 rings (SSSR count). The van der Waals surface area contributed by atoms with E-state index < -0.39 is 30.0 Å². The zero-order valence-electron chi connectivity index (χ0n) is 20.9. The molecule has 42 heavy (non-hydrogen) atoms. The van der Waals surface area contributed by atoms with Gasteiger partial charge in [0.05, 0.1) is 33.8 Å². The maximum atomic E-state index is 13.5. The van der Waals surface area contributed by atoms with Crippen molar-refractivity contribution in [1.82, 2.24) is 30.1 Å². The Morgan fingerprint density at radius 3 is 2.17 bits per heavy atom. The van der Waals surface area contributed by atoms with Crippen molar-refractivity contribution in [2.75, 3.05) is 0 Å². The third kappa shape index (κ3) is 5.07. The van der Waals surface area contributed by atoms with E-state index in [1.54, 1.807) is 42.5 Å². The van der Waals surface area contributed by atoms with Crippen LogP contribution >= 0.6 is 11.6 Å². The lowest BCUT2D eigenvalue weighted by Crippen LogP contribution is -2.13. The van der Waals surface area contributed by atoms with Gasteiger partial charge in [0.1, 0.15) is 16.9 Å². The molecule has 14 heteroatoms. The zero-order valence-corrected chi connectivity index (χ0v) is 21.7. The van der Waals surface area contributed by atoms with Crippen LogP contribution in [0.25, 0.3) is 44.9 Å². The van der Waals surface area contributed by atoms with Crippen LogP contribution in [0.3, 0.4) is 0 Å². The van der Waals surface area contributed by atoms with E-state index in [2.05, 4.69) is 25.4 Å². The van der Waals surface area contributed by atoms with Crippen LogP contribution in [-0.4, -0.2) is 30.1 Å². The lowest BCUT2D eigenvalue weighted by atomic mass is 10.0. The van der Waals surface area contributed by atoms with E-state index in [9.17, 15) is 26.3 Å². The second-order valence-corrected chi connectivity index (χ2v) is 9.55. The molecule has 7 nitrogen and oxygen atoms in total. The van der Waals surface area contributed by atoms with E-state index in [1.807, 2.05) is 0 Å². The van der Waals surface area contributed by atoms with E-state index in [-0.39, 0.29) is 28.7 Å². The molecule has 0 saturated heterocycles. The zero-order chi connectivity index (χ0) is 29.6. The highest BCUT2D eigenvalue weighted by Gasteiger charge is 2.37. The van der Waals surface area contributed by atoms with Crippen molar-refractivity contribution in [2.24, 2.45) is 0 Å². The number of nitrogens with zero attached hydrogens (tertiary/aromatic N) is 6. The molecule has 0 saturated carbocycles. The molecule has 0 spiro atoms. The van der Waals surface area contributed by atoms with Gasteiger partial charge in [-0.1, -0.05) is 34.1 Å². The molecule has 0 amide bonds. The Morgan fingerprint density at radius 1 is 0.810 bits per heavy atom. The summed E-state index contributed by atoms with van der Waals surface area (Å²) in [5, 5.41) is 13.3. The van der Waals surface area contributed by atoms with Gasteiger partial charge in [0.25, 0.3) is 0 Å². The van der Waals surface area contributed by atoms with E-state index in [4.69, 9.17) is 16.1 Å². The summed E-state index contributed by atoms with van der Waals surface area (Å²) in [4.78, 5) is 8.49. The van der Waals surface area contributed by atoms with Gasteiger partial charge >= 0.3 is 12.4 Å². The smallest absolute Gasteiger partial charge is 0.355 e. The highest BCUT2D eigenvalue weighted by atomic mass is 35.5. The van der Waals surface area contributed by atoms with Crippen molar-refractivity contribution in [3.8, 4) is 34.0 Å². The largest absolute Gasteiger partial charge is 0.416 e. The number of hydrogen-bond acceptors (Lipinski definition) is 6. The predicted molar refractivity (Wildman–Crippen MR) is 140 cm³/mol. The van der Waals surface area contributed by atoms with E-state index in [1.165, 1.54) is 23.3 Å². The molecule has 6 aromatic rings. The summed E-state index contributed by atoms with van der Waals surface area (Å²) in [6, 6.07) is 13.1. The van der Waals surface area contributed by atoms with Gasteiger partial charge in [0.15, 0.2) is 5.76 Å². The number of aromatic nitrogens is 6. The van der Waals surface area contributed by atoms with Crippen molar-refractivity contribution < 1.29 is 30.9 Å². The van der Waals surface area contributed by atoms with Crippen LogP contribution in [0, 0.1) is 0 Å². The van der Waals surface area contributed by atoms with Crippen LogP contribution in [-0.2, 0) is 18.9 Å². The predicted octanol–water partition coefficient (Wildman–Crippen LogP) is 7.95. The highest BCUT2D eigenvalue weighted by molar-refractivity contribution is 6.33. The number of pyridine rings is 2. The molecule has 0 N–H and O–H groups in total. The summed E-state index contributed by atoms with van der Waals surface area (Å²) in [7, 11) is 0. The van der Waals surface area contributed by atoms with Gasteiger partial charge in [-0.15, -0.1) is 5.10 Å². The van der Waals surface area contributed by atoms with Crippen LogP contribution < -0.4 is 0 Å². The fourth-order valence-electron chi connectivity index (χ4n) is 4.56. The molecule has 0 aliphatic heterocycles. The van der Waals surface area contributed by atoms with Crippen LogP contribution in [0.5, 0.6) is 0 Å². The average molecular weight is 601 g/mol. The molecule has 4 aromatic heterocycles. The Balaban J connectivity index is 1.55. The van der Waals surface area contributed by atoms with E-state index in [0.29, 0.717) is 44.9 Å².